The van der Waals surface area contributed by atoms with Crippen molar-refractivity contribution in [2.45, 2.75) is 90.9 Å². The molecule has 13 heteroatoms. The van der Waals surface area contributed by atoms with Gasteiger partial charge < -0.3 is 33.2 Å². The van der Waals surface area contributed by atoms with Gasteiger partial charge in [-0.3, -0.25) is 0 Å². The third-order valence-corrected chi connectivity index (χ3v) is 11.3. The monoisotopic (exact) mass is 882 g/mol. The highest BCUT2D eigenvalue weighted by molar-refractivity contribution is 6.30. The van der Waals surface area contributed by atoms with E-state index in [1.165, 1.54) is 63.9 Å². The minimum atomic E-state index is -1.67. The lowest BCUT2D eigenvalue weighted by molar-refractivity contribution is -0.177. The van der Waals surface area contributed by atoms with Gasteiger partial charge in [-0.2, -0.15) is 0 Å². The van der Waals surface area contributed by atoms with Crippen molar-refractivity contribution in [2.24, 2.45) is 11.3 Å². The van der Waals surface area contributed by atoms with Crippen molar-refractivity contribution < 1.29 is 61.9 Å². The average molecular weight is 883 g/mol. The fourth-order valence-corrected chi connectivity index (χ4v) is 7.46. The Morgan fingerprint density at radius 2 is 1.06 bits per heavy atom. The summed E-state index contributed by atoms with van der Waals surface area (Å²) in [5.74, 6) is -4.86. The van der Waals surface area contributed by atoms with Crippen LogP contribution < -0.4 is 4.74 Å². The Labute approximate surface area is 376 Å². The maximum Gasteiger partial charge on any atom is 0.417 e. The number of benzene rings is 3. The summed E-state index contributed by atoms with van der Waals surface area (Å²) in [5, 5.41) is 0. The molecule has 0 radical (unpaired) electrons. The van der Waals surface area contributed by atoms with Crippen LogP contribution in [0.2, 0.25) is 0 Å². The fraction of sp³-hybridized carbons (Fsp3) is 0.451. The van der Waals surface area contributed by atoms with Crippen LogP contribution in [0.1, 0.15) is 95.6 Å². The minimum Gasteiger partial charge on any atom is -0.492 e. The molecule has 0 atom stereocenters. The van der Waals surface area contributed by atoms with Crippen LogP contribution >= 0.6 is 0 Å². The first-order valence-corrected chi connectivity index (χ1v) is 21.8. The van der Waals surface area contributed by atoms with Crippen LogP contribution in [0.4, 0.5) is 0 Å². The summed E-state index contributed by atoms with van der Waals surface area (Å²) in [4.78, 5) is 73.4. The van der Waals surface area contributed by atoms with Crippen LogP contribution in [0.3, 0.4) is 0 Å². The molecule has 0 spiro atoms. The molecule has 1 aliphatic carbocycles. The van der Waals surface area contributed by atoms with E-state index in [4.69, 9.17) is 23.7 Å². The first-order chi connectivity index (χ1) is 30.7. The smallest absolute Gasteiger partial charge is 0.417 e. The number of unbranched alkanes of at least 4 members (excludes halogenated alkanes) is 2. The van der Waals surface area contributed by atoms with Crippen LogP contribution in [-0.2, 0) is 63.6 Å². The lowest BCUT2D eigenvalue weighted by atomic mass is 9.77. The standard InChI is InChI=1S/C51H62O13/c1-8-9-10-12-36-14-16-37(17-15-36)38-18-20-39(21-19-38)40-22-24-41(25-23-40)42-26-27-44(43(29-42)13-11-28-60-45(52)34(2)3)61-30-51(31-62-46(53)35(4)5,32-63-49(56)47(54)58-6)33-64-50(57)48(55)59-7/h18-27,29,36-37H,2,4,8-17,28,30-33H2,1,3,5-7H3. The normalized spacial score (nSPS) is 14.6. The second-order valence-corrected chi connectivity index (χ2v) is 16.5. The zero-order valence-electron chi connectivity index (χ0n) is 37.8. The quantitative estimate of drug-likeness (QED) is 0.0309. The molecule has 1 aliphatic rings. The molecule has 0 saturated heterocycles. The number of aryl methyl sites for hydroxylation is 1. The highest BCUT2D eigenvalue weighted by atomic mass is 16.6. The number of carbonyl (C=O) groups excluding carboxylic acids is 6. The van der Waals surface area contributed by atoms with Crippen molar-refractivity contribution in [1.29, 1.82) is 0 Å². The molecule has 0 unspecified atom stereocenters. The summed E-state index contributed by atoms with van der Waals surface area (Å²) >= 11 is 0. The molecule has 3 aromatic carbocycles. The molecule has 0 amide bonds. The van der Waals surface area contributed by atoms with Gasteiger partial charge in [0.25, 0.3) is 0 Å². The second-order valence-electron chi connectivity index (χ2n) is 16.5. The second kappa shape index (κ2) is 25.2. The van der Waals surface area contributed by atoms with Crippen LogP contribution in [0.15, 0.2) is 91.0 Å². The Bertz CT molecular complexity index is 2060. The Morgan fingerprint density at radius 3 is 1.58 bits per heavy atom. The lowest BCUT2D eigenvalue weighted by Gasteiger charge is -2.32. The average Bonchev–Trinajstić information content (AvgIpc) is 3.31. The number of rotatable bonds is 22. The molecule has 13 nitrogen and oxygen atoms in total. The molecule has 0 aromatic heterocycles. The molecule has 344 valence electrons. The molecule has 0 bridgehead atoms. The highest BCUT2D eigenvalue weighted by Crippen LogP contribution is 2.39. The maximum absolute atomic E-state index is 12.6. The van der Waals surface area contributed by atoms with E-state index in [0.29, 0.717) is 30.1 Å². The summed E-state index contributed by atoms with van der Waals surface area (Å²) in [6.07, 6.45) is 11.2. The van der Waals surface area contributed by atoms with E-state index in [-0.39, 0.29) is 17.8 Å². The van der Waals surface area contributed by atoms with Gasteiger partial charge >= 0.3 is 35.8 Å². The topological polar surface area (TPSA) is 167 Å². The van der Waals surface area contributed by atoms with Crippen LogP contribution in [0.25, 0.3) is 22.3 Å². The number of ether oxygens (including phenoxy) is 7. The summed E-state index contributed by atoms with van der Waals surface area (Å²) in [5.41, 5.74) is 4.76. The molecule has 64 heavy (non-hydrogen) atoms. The van der Waals surface area contributed by atoms with Gasteiger partial charge in [0.2, 0.25) is 0 Å². The lowest BCUT2D eigenvalue weighted by Crippen LogP contribution is -2.45. The maximum atomic E-state index is 12.6. The molecule has 1 fully saturated rings. The zero-order valence-corrected chi connectivity index (χ0v) is 37.8. The Hall–Kier alpha value is -6.24. The molecule has 0 heterocycles. The van der Waals surface area contributed by atoms with Gasteiger partial charge in [0, 0.05) is 11.1 Å². The van der Waals surface area contributed by atoms with E-state index < -0.39 is 67.7 Å². The van der Waals surface area contributed by atoms with E-state index >= 15 is 0 Å². The van der Waals surface area contributed by atoms with E-state index in [2.05, 4.69) is 66.0 Å². The molecule has 0 N–H and O–H groups in total. The number of hydrogen-bond acceptors (Lipinski definition) is 13. The van der Waals surface area contributed by atoms with Crippen molar-refractivity contribution in [2.75, 3.05) is 47.3 Å². The molecule has 3 aromatic rings. The van der Waals surface area contributed by atoms with Crippen LogP contribution in [0, 0.1) is 11.3 Å². The van der Waals surface area contributed by atoms with Crippen molar-refractivity contribution in [3.63, 3.8) is 0 Å². The third kappa shape index (κ3) is 15.2. The van der Waals surface area contributed by atoms with Gasteiger partial charge in [0.15, 0.2) is 0 Å². The fourth-order valence-electron chi connectivity index (χ4n) is 7.46. The van der Waals surface area contributed by atoms with E-state index in [1.807, 2.05) is 24.3 Å². The predicted octanol–water partition coefficient (Wildman–Crippen LogP) is 8.84. The molecule has 4 rings (SSSR count). The van der Waals surface area contributed by atoms with Gasteiger partial charge in [-0.1, -0.05) is 100 Å². The summed E-state index contributed by atoms with van der Waals surface area (Å²) in [6, 6.07) is 22.7. The zero-order chi connectivity index (χ0) is 46.6. The minimum absolute atomic E-state index is 0.0461. The predicted molar refractivity (Wildman–Crippen MR) is 240 cm³/mol. The molecular formula is C51H62O13. The molecule has 0 aliphatic heterocycles. The Morgan fingerprint density at radius 1 is 0.578 bits per heavy atom. The Kier molecular flexibility index (Phi) is 19.8. The Balaban J connectivity index is 1.59. The van der Waals surface area contributed by atoms with Crippen molar-refractivity contribution in [1.82, 2.24) is 0 Å². The number of hydrogen-bond donors (Lipinski definition) is 0. The van der Waals surface area contributed by atoms with Gasteiger partial charge in [-0.05, 0) is 110 Å². The highest BCUT2D eigenvalue weighted by Gasteiger charge is 2.39. The van der Waals surface area contributed by atoms with Gasteiger partial charge in [-0.25, -0.2) is 28.8 Å². The van der Waals surface area contributed by atoms with Crippen LogP contribution in [0.5, 0.6) is 5.75 Å². The SMILES string of the molecule is C=C(C)C(=O)OCCCc1cc(-c2ccc(-c3ccc(C4CCC(CCCCC)CC4)cc3)cc2)ccc1OCC(COC(=O)C(=C)C)(COC(=O)C(=O)OC)COC(=O)C(=O)OC. The molecular weight excluding hydrogens is 821 g/mol. The summed E-state index contributed by atoms with van der Waals surface area (Å²) < 4.78 is 36.5. The largest absolute Gasteiger partial charge is 0.492 e. The van der Waals surface area contributed by atoms with Crippen molar-refractivity contribution in [3.8, 4) is 28.0 Å². The van der Waals surface area contributed by atoms with E-state index in [0.717, 1.165) is 42.4 Å². The van der Waals surface area contributed by atoms with Gasteiger partial charge in [-0.15, -0.1) is 0 Å². The van der Waals surface area contributed by atoms with Gasteiger partial charge in [0.1, 0.15) is 37.6 Å². The number of methoxy groups -OCH3 is 2. The first kappa shape index (κ1) is 50.4. The first-order valence-electron chi connectivity index (χ1n) is 21.8. The van der Waals surface area contributed by atoms with Crippen molar-refractivity contribution in [3.05, 3.63) is 102 Å². The van der Waals surface area contributed by atoms with Crippen molar-refractivity contribution >= 4 is 35.8 Å². The summed E-state index contributed by atoms with van der Waals surface area (Å²) in [7, 11) is 1.98. The summed E-state index contributed by atoms with van der Waals surface area (Å²) in [6.45, 7) is 10.2. The van der Waals surface area contributed by atoms with E-state index in [1.54, 1.807) is 13.0 Å². The number of carbonyl (C=O) groups is 6. The van der Waals surface area contributed by atoms with Gasteiger partial charge in [0.05, 0.1) is 20.8 Å². The molecule has 1 saturated carbocycles. The number of esters is 6. The van der Waals surface area contributed by atoms with Crippen LogP contribution in [-0.4, -0.2) is 83.1 Å². The van der Waals surface area contributed by atoms with E-state index in [9.17, 15) is 28.8 Å². The third-order valence-electron chi connectivity index (χ3n) is 11.3.